The van der Waals surface area contributed by atoms with Crippen LogP contribution in [0.15, 0.2) is 103 Å². The fourth-order valence-electron chi connectivity index (χ4n) is 4.79. The van der Waals surface area contributed by atoms with Gasteiger partial charge in [0.25, 0.3) is 0 Å². The largest absolute Gasteiger partial charge is 0.313 e. The molecule has 5 aromatic carbocycles. The summed E-state index contributed by atoms with van der Waals surface area (Å²) in [4.78, 5) is 0. The maximum absolute atomic E-state index is 14.7. The highest BCUT2D eigenvalue weighted by Gasteiger charge is 2.40. The molecule has 1 aliphatic rings. The quantitative estimate of drug-likeness (QED) is 0.315. The molecule has 0 amide bonds. The van der Waals surface area contributed by atoms with Crippen molar-refractivity contribution < 1.29 is 4.57 Å². The first-order chi connectivity index (χ1) is 14.3. The Kier molecular flexibility index (Phi) is 3.57. The molecule has 5 aromatic rings. The highest BCUT2D eigenvalue weighted by molar-refractivity contribution is 7.79. The lowest BCUT2D eigenvalue weighted by Gasteiger charge is -2.16. The van der Waals surface area contributed by atoms with Gasteiger partial charge in [0.15, 0.2) is 0 Å². The number of fused-ring (bicyclic) bond motifs is 7. The Morgan fingerprint density at radius 2 is 1.00 bits per heavy atom. The van der Waals surface area contributed by atoms with Crippen molar-refractivity contribution in [3.8, 4) is 11.1 Å². The van der Waals surface area contributed by atoms with Crippen molar-refractivity contribution in [2.45, 2.75) is 6.16 Å². The van der Waals surface area contributed by atoms with Gasteiger partial charge in [-0.15, -0.1) is 0 Å². The van der Waals surface area contributed by atoms with Gasteiger partial charge in [-0.1, -0.05) is 91.0 Å². The summed E-state index contributed by atoms with van der Waals surface area (Å²) in [6.45, 7) is 0. The molecule has 0 aromatic heterocycles. The summed E-state index contributed by atoms with van der Waals surface area (Å²) >= 11 is 0. The minimum atomic E-state index is -2.78. The van der Waals surface area contributed by atoms with Crippen LogP contribution >= 0.6 is 7.14 Å². The zero-order valence-corrected chi connectivity index (χ0v) is 16.8. The maximum Gasteiger partial charge on any atom is 0.148 e. The van der Waals surface area contributed by atoms with Gasteiger partial charge in [0.2, 0.25) is 0 Å². The monoisotopic (exact) mass is 390 g/mol. The van der Waals surface area contributed by atoms with Gasteiger partial charge >= 0.3 is 0 Å². The predicted molar refractivity (Wildman–Crippen MR) is 124 cm³/mol. The van der Waals surface area contributed by atoms with Crippen LogP contribution in [-0.2, 0) is 10.7 Å². The molecule has 1 heterocycles. The van der Waals surface area contributed by atoms with Crippen LogP contribution in [0, 0.1) is 0 Å². The van der Waals surface area contributed by atoms with E-state index in [0.29, 0.717) is 6.16 Å². The summed E-state index contributed by atoms with van der Waals surface area (Å²) in [7, 11) is -2.78. The summed E-state index contributed by atoms with van der Waals surface area (Å²) < 4.78 is 14.7. The summed E-state index contributed by atoms with van der Waals surface area (Å²) in [5, 5.41) is 6.77. The van der Waals surface area contributed by atoms with Crippen molar-refractivity contribution >= 4 is 39.3 Å². The molecule has 1 aliphatic heterocycles. The SMILES string of the molecule is O=P1(Cc2ccccc2)c2ccc3ccccc3c2-c2c1ccc1ccccc21. The van der Waals surface area contributed by atoms with Crippen LogP contribution < -0.4 is 10.6 Å². The second kappa shape index (κ2) is 6.17. The van der Waals surface area contributed by atoms with Crippen LogP contribution in [0.5, 0.6) is 0 Å². The van der Waals surface area contributed by atoms with Gasteiger partial charge in [-0.25, -0.2) is 0 Å². The zero-order valence-electron chi connectivity index (χ0n) is 15.9. The summed E-state index contributed by atoms with van der Waals surface area (Å²) in [6.07, 6.45) is 0.560. The van der Waals surface area contributed by atoms with Crippen LogP contribution in [0.25, 0.3) is 32.7 Å². The lowest BCUT2D eigenvalue weighted by Crippen LogP contribution is -2.12. The van der Waals surface area contributed by atoms with E-state index in [2.05, 4.69) is 84.9 Å². The summed E-state index contributed by atoms with van der Waals surface area (Å²) in [5.41, 5.74) is 3.44. The van der Waals surface area contributed by atoms with Crippen LogP contribution in [-0.4, -0.2) is 0 Å². The topological polar surface area (TPSA) is 17.1 Å². The Morgan fingerprint density at radius 1 is 0.517 bits per heavy atom. The molecule has 0 atom stereocenters. The van der Waals surface area contributed by atoms with Crippen molar-refractivity contribution in [1.82, 2.24) is 0 Å². The Hall–Kier alpha value is -3.15. The Bertz CT molecular complexity index is 1360. The van der Waals surface area contributed by atoms with E-state index in [-0.39, 0.29) is 0 Å². The van der Waals surface area contributed by atoms with E-state index in [0.717, 1.165) is 27.3 Å². The highest BCUT2D eigenvalue weighted by Crippen LogP contribution is 2.57. The van der Waals surface area contributed by atoms with Gasteiger partial charge in [0.1, 0.15) is 7.14 Å². The molecule has 0 aliphatic carbocycles. The third kappa shape index (κ3) is 2.38. The molecule has 1 nitrogen and oxygen atoms in total. The molecular weight excluding hydrogens is 371 g/mol. The molecule has 29 heavy (non-hydrogen) atoms. The van der Waals surface area contributed by atoms with Crippen molar-refractivity contribution in [3.63, 3.8) is 0 Å². The smallest absolute Gasteiger partial charge is 0.148 e. The van der Waals surface area contributed by atoms with Gasteiger partial charge in [0, 0.05) is 27.9 Å². The molecular formula is C27H19OP. The molecule has 0 radical (unpaired) electrons. The van der Waals surface area contributed by atoms with Crippen molar-refractivity contribution in [2.75, 3.05) is 0 Å². The number of benzene rings is 5. The fourth-order valence-corrected chi connectivity index (χ4v) is 7.93. The Balaban J connectivity index is 1.75. The van der Waals surface area contributed by atoms with E-state index >= 15 is 0 Å². The van der Waals surface area contributed by atoms with Gasteiger partial charge in [-0.3, -0.25) is 0 Å². The highest BCUT2D eigenvalue weighted by atomic mass is 31.2. The number of hydrogen-bond acceptors (Lipinski definition) is 1. The van der Waals surface area contributed by atoms with Gasteiger partial charge in [-0.05, 0) is 39.2 Å². The van der Waals surface area contributed by atoms with Crippen LogP contribution in [0.1, 0.15) is 5.56 Å². The Labute approximate surface area is 170 Å². The first-order valence-corrected chi connectivity index (χ1v) is 11.8. The predicted octanol–water partition coefficient (Wildman–Crippen LogP) is 6.49. The average Bonchev–Trinajstić information content (AvgIpc) is 3.03. The number of hydrogen-bond donors (Lipinski definition) is 0. The van der Waals surface area contributed by atoms with E-state index in [9.17, 15) is 4.57 Å². The van der Waals surface area contributed by atoms with Crippen LogP contribution in [0.3, 0.4) is 0 Å². The lowest BCUT2D eigenvalue weighted by molar-refractivity contribution is 0.587. The number of rotatable bonds is 2. The maximum atomic E-state index is 14.7. The second-order valence-electron chi connectivity index (χ2n) is 7.75. The van der Waals surface area contributed by atoms with Crippen molar-refractivity contribution in [2.24, 2.45) is 0 Å². The first kappa shape index (κ1) is 16.8. The first-order valence-electron chi connectivity index (χ1n) is 9.94. The molecule has 2 heteroatoms. The van der Waals surface area contributed by atoms with E-state index in [1.54, 1.807) is 0 Å². The second-order valence-corrected chi connectivity index (χ2v) is 10.5. The molecule has 0 bridgehead atoms. The van der Waals surface area contributed by atoms with Gasteiger partial charge < -0.3 is 4.57 Å². The van der Waals surface area contributed by atoms with Crippen LogP contribution in [0.2, 0.25) is 0 Å². The molecule has 6 rings (SSSR count). The lowest BCUT2D eigenvalue weighted by atomic mass is 9.94. The molecule has 0 spiro atoms. The molecule has 0 unspecified atom stereocenters. The average molecular weight is 390 g/mol. The molecule has 0 saturated carbocycles. The Morgan fingerprint density at radius 3 is 1.55 bits per heavy atom. The van der Waals surface area contributed by atoms with E-state index in [1.807, 2.05) is 18.2 Å². The van der Waals surface area contributed by atoms with E-state index in [1.165, 1.54) is 21.5 Å². The third-order valence-electron chi connectivity index (χ3n) is 6.09. The van der Waals surface area contributed by atoms with Crippen LogP contribution in [0.4, 0.5) is 0 Å². The van der Waals surface area contributed by atoms with Gasteiger partial charge in [0.05, 0.1) is 0 Å². The minimum Gasteiger partial charge on any atom is -0.313 e. The summed E-state index contributed by atoms with van der Waals surface area (Å²) in [5.74, 6) is 0. The van der Waals surface area contributed by atoms with E-state index < -0.39 is 7.14 Å². The standard InChI is InChI=1S/C27H19OP/c28-29(18-19-8-2-1-3-9-19)24-16-14-20-10-4-6-12-22(20)26(24)27-23-13-7-5-11-21(23)15-17-25(27)29/h1-17H,18H2. The van der Waals surface area contributed by atoms with Crippen molar-refractivity contribution in [3.05, 3.63) is 109 Å². The summed E-state index contributed by atoms with van der Waals surface area (Å²) in [6, 6.07) is 35.6. The third-order valence-corrected chi connectivity index (χ3v) is 9.20. The fraction of sp³-hybridized carbons (Fsp3) is 0.0370. The van der Waals surface area contributed by atoms with Crippen molar-refractivity contribution in [1.29, 1.82) is 0 Å². The zero-order chi connectivity index (χ0) is 19.4. The molecule has 0 fully saturated rings. The van der Waals surface area contributed by atoms with Gasteiger partial charge in [-0.2, -0.15) is 0 Å². The van der Waals surface area contributed by atoms with E-state index in [4.69, 9.17) is 0 Å². The normalized spacial score (nSPS) is 14.1. The molecule has 0 N–H and O–H groups in total. The molecule has 138 valence electrons. The minimum absolute atomic E-state index is 0.560. The molecule has 0 saturated heterocycles.